The number of fused-ring (bicyclic) bond motifs is 1. The third kappa shape index (κ3) is 4.44. The number of aliphatic hydroxyl groups excluding tert-OH is 1. The number of carbonyl (C=O) groups excluding carboxylic acids is 1. The van der Waals surface area contributed by atoms with Crippen LogP contribution in [0.5, 0.6) is 0 Å². The quantitative estimate of drug-likeness (QED) is 0.587. The molecule has 0 fully saturated rings. The monoisotopic (exact) mass is 417 g/mol. The molecule has 0 aliphatic carbocycles. The summed E-state index contributed by atoms with van der Waals surface area (Å²) in [7, 11) is -3.58. The summed E-state index contributed by atoms with van der Waals surface area (Å²) in [6, 6.07) is 10.5. The summed E-state index contributed by atoms with van der Waals surface area (Å²) in [4.78, 5) is 12.7. The molecule has 0 radical (unpaired) electrons. The first kappa shape index (κ1) is 20.9. The molecule has 8 heteroatoms. The highest BCUT2D eigenvalue weighted by Crippen LogP contribution is 2.38. The summed E-state index contributed by atoms with van der Waals surface area (Å²) in [6.07, 6.45) is 0.0452. The number of hydrogen-bond acceptors (Lipinski definition) is 6. The molecule has 0 amide bonds. The Hall–Kier alpha value is -2.84. The van der Waals surface area contributed by atoms with Crippen LogP contribution in [0.1, 0.15) is 41.4 Å². The van der Waals surface area contributed by atoms with Gasteiger partial charge < -0.3 is 14.3 Å². The molecule has 0 saturated heterocycles. The third-order valence-electron chi connectivity index (χ3n) is 4.40. The lowest BCUT2D eigenvalue weighted by Crippen LogP contribution is -2.12. The molecular formula is C21H23NO6S. The molecule has 2 aromatic carbocycles. The predicted molar refractivity (Wildman–Crippen MR) is 111 cm³/mol. The van der Waals surface area contributed by atoms with Crippen molar-refractivity contribution in [2.75, 3.05) is 17.6 Å². The maximum atomic E-state index is 12.7. The zero-order chi connectivity index (χ0) is 21.3. The Morgan fingerprint density at radius 1 is 1.24 bits per heavy atom. The van der Waals surface area contributed by atoms with E-state index in [1.807, 2.05) is 31.2 Å². The van der Waals surface area contributed by atoms with E-state index in [9.17, 15) is 18.3 Å². The van der Waals surface area contributed by atoms with Gasteiger partial charge in [0, 0.05) is 22.6 Å². The number of rotatable bonds is 6. The van der Waals surface area contributed by atoms with Gasteiger partial charge in [-0.1, -0.05) is 29.8 Å². The third-order valence-corrected chi connectivity index (χ3v) is 4.99. The highest BCUT2D eigenvalue weighted by atomic mass is 32.2. The minimum atomic E-state index is -3.58. The Balaban J connectivity index is 2.32. The van der Waals surface area contributed by atoms with Crippen LogP contribution in [0.3, 0.4) is 0 Å². The summed E-state index contributed by atoms with van der Waals surface area (Å²) in [6.45, 7) is 5.36. The molecule has 29 heavy (non-hydrogen) atoms. The fraction of sp³-hybridized carbons (Fsp3) is 0.286. The summed E-state index contributed by atoms with van der Waals surface area (Å²) < 4.78 is 37.0. The van der Waals surface area contributed by atoms with Crippen molar-refractivity contribution in [3.8, 4) is 11.3 Å². The zero-order valence-corrected chi connectivity index (χ0v) is 17.5. The average molecular weight is 417 g/mol. The van der Waals surface area contributed by atoms with E-state index in [1.165, 1.54) is 13.0 Å². The Bertz CT molecular complexity index is 1160. The molecule has 154 valence electrons. The molecule has 0 spiro atoms. The number of carbonyl (C=O) groups is 1. The normalized spacial score (nSPS) is 12.7. The second-order valence-electron chi connectivity index (χ2n) is 6.88. The molecule has 3 aromatic rings. The Labute approximate surface area is 169 Å². The smallest absolute Gasteiger partial charge is 0.342 e. The Morgan fingerprint density at radius 3 is 2.45 bits per heavy atom. The molecule has 0 saturated carbocycles. The van der Waals surface area contributed by atoms with Gasteiger partial charge in [0.25, 0.3) is 0 Å². The van der Waals surface area contributed by atoms with Crippen LogP contribution < -0.4 is 4.72 Å². The molecule has 0 aliphatic rings. The van der Waals surface area contributed by atoms with Crippen LogP contribution in [0.25, 0.3) is 22.3 Å². The number of hydrogen-bond donors (Lipinski definition) is 2. The van der Waals surface area contributed by atoms with Crippen molar-refractivity contribution in [3.05, 3.63) is 53.1 Å². The standard InChI is InChI=1S/C21H23NO6S/c1-5-27-21(24)19-16-10-15(13(3)23)17(22-29(4,25)26)11-18(16)28-20(19)14-8-6-12(2)7-9-14/h6-11,13,22-23H,5H2,1-4H3. The first-order valence-electron chi connectivity index (χ1n) is 9.11. The van der Waals surface area contributed by atoms with E-state index in [-0.39, 0.29) is 17.9 Å². The zero-order valence-electron chi connectivity index (χ0n) is 16.6. The molecule has 7 nitrogen and oxygen atoms in total. The van der Waals surface area contributed by atoms with Gasteiger partial charge >= 0.3 is 5.97 Å². The number of aliphatic hydroxyl groups is 1. The SMILES string of the molecule is CCOC(=O)c1c(-c2ccc(C)cc2)oc2cc(NS(C)(=O)=O)c(C(C)O)cc12. The number of esters is 1. The molecule has 3 rings (SSSR count). The minimum Gasteiger partial charge on any atom is -0.462 e. The maximum absolute atomic E-state index is 12.7. The van der Waals surface area contributed by atoms with Gasteiger partial charge in [-0.05, 0) is 26.8 Å². The number of ether oxygens (including phenoxy) is 1. The van der Waals surface area contributed by atoms with E-state index in [4.69, 9.17) is 9.15 Å². The molecule has 1 heterocycles. The van der Waals surface area contributed by atoms with E-state index < -0.39 is 22.1 Å². The number of sulfonamides is 1. The highest BCUT2D eigenvalue weighted by molar-refractivity contribution is 7.92. The van der Waals surface area contributed by atoms with Crippen molar-refractivity contribution in [1.82, 2.24) is 0 Å². The van der Waals surface area contributed by atoms with Crippen molar-refractivity contribution in [2.45, 2.75) is 26.9 Å². The van der Waals surface area contributed by atoms with Crippen LogP contribution in [0, 0.1) is 6.92 Å². The molecule has 0 bridgehead atoms. The van der Waals surface area contributed by atoms with E-state index in [0.717, 1.165) is 11.8 Å². The van der Waals surface area contributed by atoms with Crippen LogP contribution in [-0.4, -0.2) is 32.4 Å². The van der Waals surface area contributed by atoms with Gasteiger partial charge in [0.05, 0.1) is 24.7 Å². The molecule has 2 N–H and O–H groups in total. The average Bonchev–Trinajstić information content (AvgIpc) is 2.98. The Morgan fingerprint density at radius 2 is 1.90 bits per heavy atom. The largest absolute Gasteiger partial charge is 0.462 e. The van der Waals surface area contributed by atoms with E-state index in [2.05, 4.69) is 4.72 Å². The van der Waals surface area contributed by atoms with Crippen LogP contribution in [0.15, 0.2) is 40.8 Å². The van der Waals surface area contributed by atoms with Crippen LogP contribution in [-0.2, 0) is 14.8 Å². The number of anilines is 1. The topological polar surface area (TPSA) is 106 Å². The summed E-state index contributed by atoms with van der Waals surface area (Å²) in [5, 5.41) is 10.6. The van der Waals surface area contributed by atoms with E-state index in [1.54, 1.807) is 13.0 Å². The predicted octanol–water partition coefficient (Wildman–Crippen LogP) is 4.01. The van der Waals surface area contributed by atoms with E-state index in [0.29, 0.717) is 27.9 Å². The molecule has 1 atom stereocenters. The molecule has 0 aliphatic heterocycles. The number of aryl methyl sites for hydroxylation is 1. The van der Waals surface area contributed by atoms with Gasteiger partial charge in [-0.2, -0.15) is 0 Å². The second kappa shape index (κ2) is 7.88. The van der Waals surface area contributed by atoms with Crippen molar-refractivity contribution in [3.63, 3.8) is 0 Å². The number of furan rings is 1. The fourth-order valence-corrected chi connectivity index (χ4v) is 3.68. The highest BCUT2D eigenvalue weighted by Gasteiger charge is 2.25. The number of nitrogens with one attached hydrogen (secondary N) is 1. The van der Waals surface area contributed by atoms with E-state index >= 15 is 0 Å². The van der Waals surface area contributed by atoms with Gasteiger partial charge in [-0.15, -0.1) is 0 Å². The van der Waals surface area contributed by atoms with Gasteiger partial charge in [-0.25, -0.2) is 13.2 Å². The lowest BCUT2D eigenvalue weighted by molar-refractivity contribution is 0.0528. The fourth-order valence-electron chi connectivity index (χ4n) is 3.11. The first-order valence-corrected chi connectivity index (χ1v) is 11.0. The lowest BCUT2D eigenvalue weighted by Gasteiger charge is -2.13. The summed E-state index contributed by atoms with van der Waals surface area (Å²) in [5.41, 5.74) is 2.79. The second-order valence-corrected chi connectivity index (χ2v) is 8.63. The van der Waals surface area contributed by atoms with Gasteiger partial charge in [-0.3, -0.25) is 4.72 Å². The maximum Gasteiger partial charge on any atom is 0.342 e. The van der Waals surface area contributed by atoms with Crippen LogP contribution in [0.2, 0.25) is 0 Å². The van der Waals surface area contributed by atoms with Crippen molar-refractivity contribution in [1.29, 1.82) is 0 Å². The molecular weight excluding hydrogens is 394 g/mol. The first-order chi connectivity index (χ1) is 13.6. The van der Waals surface area contributed by atoms with Crippen molar-refractivity contribution in [2.24, 2.45) is 0 Å². The van der Waals surface area contributed by atoms with Crippen LogP contribution >= 0.6 is 0 Å². The van der Waals surface area contributed by atoms with Gasteiger partial charge in [0.15, 0.2) is 0 Å². The molecule has 1 unspecified atom stereocenters. The lowest BCUT2D eigenvalue weighted by atomic mass is 10.0. The summed E-state index contributed by atoms with van der Waals surface area (Å²) >= 11 is 0. The minimum absolute atomic E-state index is 0.189. The van der Waals surface area contributed by atoms with Gasteiger partial charge in [0.2, 0.25) is 10.0 Å². The molecule has 1 aromatic heterocycles. The Kier molecular flexibility index (Phi) is 5.68. The number of benzene rings is 2. The van der Waals surface area contributed by atoms with Crippen molar-refractivity contribution < 1.29 is 27.5 Å². The van der Waals surface area contributed by atoms with Crippen LogP contribution in [0.4, 0.5) is 5.69 Å². The van der Waals surface area contributed by atoms with Crippen molar-refractivity contribution >= 4 is 32.6 Å². The summed E-state index contributed by atoms with van der Waals surface area (Å²) in [5.74, 6) is -0.228. The van der Waals surface area contributed by atoms with Gasteiger partial charge in [0.1, 0.15) is 16.9 Å².